The van der Waals surface area contributed by atoms with Crippen molar-refractivity contribution in [1.29, 1.82) is 0 Å². The molecule has 1 aliphatic heterocycles. The minimum atomic E-state index is -0.350. The van der Waals surface area contributed by atoms with Crippen LogP contribution >= 0.6 is 0 Å². The van der Waals surface area contributed by atoms with Gasteiger partial charge in [0.25, 0.3) is 0 Å². The van der Waals surface area contributed by atoms with Gasteiger partial charge in [-0.05, 0) is 25.8 Å². The highest BCUT2D eigenvalue weighted by Crippen LogP contribution is 2.18. The Morgan fingerprint density at radius 3 is 2.60 bits per heavy atom. The average Bonchev–Trinajstić information content (AvgIpc) is 2.41. The number of hydrogen-bond donors (Lipinski definition) is 2. The van der Waals surface area contributed by atoms with Crippen LogP contribution in [0.5, 0.6) is 0 Å². The maximum absolute atomic E-state index is 12.0. The van der Waals surface area contributed by atoms with E-state index in [9.17, 15) is 9.59 Å². The number of likely N-dealkylation sites (tertiary alicyclic amines) is 1. The maximum Gasteiger partial charge on any atom is 0.225 e. The zero-order valence-electron chi connectivity index (χ0n) is 13.3. The van der Waals surface area contributed by atoms with E-state index in [1.165, 1.54) is 0 Å². The van der Waals surface area contributed by atoms with Gasteiger partial charge in [0.1, 0.15) is 0 Å². The molecular weight excluding hydrogens is 254 g/mol. The summed E-state index contributed by atoms with van der Waals surface area (Å²) in [6.07, 6.45) is 2.67. The first-order valence-corrected chi connectivity index (χ1v) is 7.55. The topological polar surface area (TPSA) is 61.4 Å². The smallest absolute Gasteiger partial charge is 0.225 e. The summed E-state index contributed by atoms with van der Waals surface area (Å²) in [7, 11) is 1.86. The fourth-order valence-electron chi connectivity index (χ4n) is 2.35. The molecule has 2 amide bonds. The minimum absolute atomic E-state index is 0.0798. The van der Waals surface area contributed by atoms with E-state index in [-0.39, 0.29) is 17.2 Å². The second-order valence-electron chi connectivity index (χ2n) is 6.66. The van der Waals surface area contributed by atoms with Gasteiger partial charge in [0.05, 0.1) is 0 Å². The summed E-state index contributed by atoms with van der Waals surface area (Å²) in [5, 5.41) is 6.01. The lowest BCUT2D eigenvalue weighted by Gasteiger charge is -2.33. The van der Waals surface area contributed by atoms with Crippen LogP contribution in [0.4, 0.5) is 0 Å². The third kappa shape index (κ3) is 5.49. The number of rotatable bonds is 5. The molecule has 0 aliphatic carbocycles. The lowest BCUT2D eigenvalue weighted by Crippen LogP contribution is -2.45. The van der Waals surface area contributed by atoms with Crippen LogP contribution in [-0.4, -0.2) is 49.9 Å². The van der Waals surface area contributed by atoms with Gasteiger partial charge in [0.15, 0.2) is 0 Å². The number of piperidine rings is 1. The molecule has 0 saturated carbocycles. The number of carbonyl (C=O) groups is 2. The zero-order chi connectivity index (χ0) is 15.2. The van der Waals surface area contributed by atoms with Gasteiger partial charge < -0.3 is 15.5 Å². The van der Waals surface area contributed by atoms with Crippen LogP contribution in [0, 0.1) is 11.3 Å². The summed E-state index contributed by atoms with van der Waals surface area (Å²) in [5.41, 5.74) is -0.350. The number of nitrogens with one attached hydrogen (secondary N) is 2. The molecule has 1 atom stereocenters. The first-order valence-electron chi connectivity index (χ1n) is 7.55. The Bertz CT molecular complexity index is 337. The molecule has 0 aromatic rings. The molecule has 1 fully saturated rings. The van der Waals surface area contributed by atoms with Gasteiger partial charge in [-0.1, -0.05) is 20.8 Å². The van der Waals surface area contributed by atoms with Crippen molar-refractivity contribution in [1.82, 2.24) is 15.5 Å². The molecule has 1 rings (SSSR count). The van der Waals surface area contributed by atoms with Crippen molar-refractivity contribution >= 4 is 11.8 Å². The minimum Gasteiger partial charge on any atom is -0.355 e. The highest BCUT2D eigenvalue weighted by molar-refractivity contribution is 5.81. The van der Waals surface area contributed by atoms with E-state index < -0.39 is 0 Å². The van der Waals surface area contributed by atoms with Crippen molar-refractivity contribution in [2.24, 2.45) is 11.3 Å². The van der Waals surface area contributed by atoms with Crippen molar-refractivity contribution in [2.75, 3.05) is 33.2 Å². The first-order chi connectivity index (χ1) is 9.34. The van der Waals surface area contributed by atoms with E-state index in [1.54, 1.807) is 0 Å². The van der Waals surface area contributed by atoms with Crippen LogP contribution in [0.1, 0.15) is 40.0 Å². The Labute approximate surface area is 122 Å². The summed E-state index contributed by atoms with van der Waals surface area (Å²) in [5.74, 6) is 0.677. The van der Waals surface area contributed by atoms with Crippen LogP contribution in [0.15, 0.2) is 0 Å². The molecule has 0 radical (unpaired) electrons. The number of nitrogens with zero attached hydrogens (tertiary/aromatic N) is 1. The highest BCUT2D eigenvalue weighted by atomic mass is 16.2. The Balaban J connectivity index is 2.37. The predicted octanol–water partition coefficient (Wildman–Crippen LogP) is 0.997. The van der Waals surface area contributed by atoms with Gasteiger partial charge in [-0.3, -0.25) is 9.59 Å². The van der Waals surface area contributed by atoms with Crippen LogP contribution in [0.3, 0.4) is 0 Å². The van der Waals surface area contributed by atoms with Crippen LogP contribution in [0.25, 0.3) is 0 Å². The quantitative estimate of drug-likeness (QED) is 0.791. The second kappa shape index (κ2) is 7.62. The molecular formula is C15H29N3O2. The number of hydrogen-bond acceptors (Lipinski definition) is 3. The summed E-state index contributed by atoms with van der Waals surface area (Å²) in [6.45, 7) is 8.76. The monoisotopic (exact) mass is 283 g/mol. The standard InChI is InChI=1S/C15H29N3O2/c1-15(2,3)14(20)17-10-12-6-5-9-18(11-12)13(19)7-8-16-4/h12,16H,5-11H2,1-4H3,(H,17,20). The van der Waals surface area contributed by atoms with Gasteiger partial charge in [-0.25, -0.2) is 0 Å². The van der Waals surface area contributed by atoms with E-state index in [2.05, 4.69) is 10.6 Å². The van der Waals surface area contributed by atoms with E-state index >= 15 is 0 Å². The zero-order valence-corrected chi connectivity index (χ0v) is 13.3. The van der Waals surface area contributed by atoms with Gasteiger partial charge in [0, 0.05) is 38.0 Å². The summed E-state index contributed by atoms with van der Waals surface area (Å²) >= 11 is 0. The molecule has 0 bridgehead atoms. The SMILES string of the molecule is CNCCC(=O)N1CCCC(CNC(=O)C(C)(C)C)C1. The molecule has 1 aliphatic rings. The third-order valence-electron chi connectivity index (χ3n) is 3.69. The van der Waals surface area contributed by atoms with Crippen molar-refractivity contribution < 1.29 is 9.59 Å². The van der Waals surface area contributed by atoms with E-state index in [0.29, 0.717) is 18.9 Å². The molecule has 116 valence electrons. The Kier molecular flexibility index (Phi) is 6.46. The Morgan fingerprint density at radius 1 is 1.30 bits per heavy atom. The van der Waals surface area contributed by atoms with Crippen LogP contribution in [-0.2, 0) is 9.59 Å². The lowest BCUT2D eigenvalue weighted by molar-refractivity contribution is -0.133. The van der Waals surface area contributed by atoms with Crippen molar-refractivity contribution in [3.05, 3.63) is 0 Å². The number of amides is 2. The van der Waals surface area contributed by atoms with Crippen molar-refractivity contribution in [3.63, 3.8) is 0 Å². The average molecular weight is 283 g/mol. The predicted molar refractivity (Wildman–Crippen MR) is 80.3 cm³/mol. The number of carbonyl (C=O) groups excluding carboxylic acids is 2. The molecule has 5 heteroatoms. The summed E-state index contributed by atoms with van der Waals surface area (Å²) in [6, 6.07) is 0. The maximum atomic E-state index is 12.0. The molecule has 0 spiro atoms. The molecule has 1 heterocycles. The molecule has 20 heavy (non-hydrogen) atoms. The van der Waals surface area contributed by atoms with E-state index in [1.807, 2.05) is 32.7 Å². The van der Waals surface area contributed by atoms with E-state index in [4.69, 9.17) is 0 Å². The first kappa shape index (κ1) is 17.0. The Morgan fingerprint density at radius 2 is 2.00 bits per heavy atom. The third-order valence-corrected chi connectivity index (χ3v) is 3.69. The van der Waals surface area contributed by atoms with Gasteiger partial charge in [0.2, 0.25) is 11.8 Å². The summed E-state index contributed by atoms with van der Waals surface area (Å²) < 4.78 is 0. The van der Waals surface area contributed by atoms with Gasteiger partial charge >= 0.3 is 0 Å². The molecule has 2 N–H and O–H groups in total. The lowest BCUT2D eigenvalue weighted by atomic mass is 9.94. The fourth-order valence-corrected chi connectivity index (χ4v) is 2.35. The molecule has 1 unspecified atom stereocenters. The van der Waals surface area contributed by atoms with Gasteiger partial charge in [-0.15, -0.1) is 0 Å². The van der Waals surface area contributed by atoms with Crippen LogP contribution in [0.2, 0.25) is 0 Å². The molecule has 0 aromatic carbocycles. The Hall–Kier alpha value is -1.10. The van der Waals surface area contributed by atoms with Crippen molar-refractivity contribution in [3.8, 4) is 0 Å². The summed E-state index contributed by atoms with van der Waals surface area (Å²) in [4.78, 5) is 25.8. The molecule has 5 nitrogen and oxygen atoms in total. The van der Waals surface area contributed by atoms with E-state index in [0.717, 1.165) is 32.5 Å². The van der Waals surface area contributed by atoms with Gasteiger partial charge in [-0.2, -0.15) is 0 Å². The van der Waals surface area contributed by atoms with Crippen LogP contribution < -0.4 is 10.6 Å². The van der Waals surface area contributed by atoms with Crippen molar-refractivity contribution in [2.45, 2.75) is 40.0 Å². The molecule has 1 saturated heterocycles. The normalized spacial score (nSPS) is 19.8. The highest BCUT2D eigenvalue weighted by Gasteiger charge is 2.26. The fraction of sp³-hybridized carbons (Fsp3) is 0.867. The largest absolute Gasteiger partial charge is 0.355 e. The second-order valence-corrected chi connectivity index (χ2v) is 6.66. The molecule has 0 aromatic heterocycles.